The zero-order valence-corrected chi connectivity index (χ0v) is 20.8. The van der Waals surface area contributed by atoms with Crippen LogP contribution in [-0.2, 0) is 22.5 Å². The summed E-state index contributed by atoms with van der Waals surface area (Å²) in [7, 11) is 0. The number of carbonyl (C=O) groups excluding carboxylic acids is 2. The van der Waals surface area contributed by atoms with E-state index in [2.05, 4.69) is 25.3 Å². The summed E-state index contributed by atoms with van der Waals surface area (Å²) in [5.74, 6) is 0.0594. The highest BCUT2D eigenvalue weighted by Gasteiger charge is 2.23. The Balaban J connectivity index is 1.67. The first kappa shape index (κ1) is 24.6. The van der Waals surface area contributed by atoms with Crippen molar-refractivity contribution >= 4 is 56.7 Å². The van der Waals surface area contributed by atoms with E-state index >= 15 is 0 Å². The number of hydrogen-bond acceptors (Lipinski definition) is 6. The number of ketones is 1. The quantitative estimate of drug-likeness (QED) is 0.203. The average molecular weight is 512 g/mol. The molecule has 0 fully saturated rings. The van der Waals surface area contributed by atoms with Crippen LogP contribution in [0.4, 0.5) is 11.5 Å². The topological polar surface area (TPSA) is 136 Å². The zero-order valence-electron chi connectivity index (χ0n) is 19.1. The van der Waals surface area contributed by atoms with Crippen LogP contribution in [0.25, 0.3) is 10.9 Å². The van der Waals surface area contributed by atoms with Crippen molar-refractivity contribution in [1.82, 2.24) is 15.3 Å². The van der Waals surface area contributed by atoms with Crippen LogP contribution in [0.1, 0.15) is 39.6 Å². The summed E-state index contributed by atoms with van der Waals surface area (Å²) >= 11 is -0.601. The lowest BCUT2D eigenvalue weighted by Gasteiger charge is -2.19. The smallest absolute Gasteiger partial charge is 0.259 e. The van der Waals surface area contributed by atoms with Gasteiger partial charge in [-0.1, -0.05) is 30.3 Å². The van der Waals surface area contributed by atoms with Crippen molar-refractivity contribution in [3.05, 3.63) is 75.7 Å². The molecule has 0 saturated heterocycles. The Hall–Kier alpha value is -3.54. The van der Waals surface area contributed by atoms with Crippen molar-refractivity contribution in [3.63, 3.8) is 0 Å². The summed E-state index contributed by atoms with van der Waals surface area (Å²) in [4.78, 5) is 32.5. The molecule has 2 aromatic carbocycles. The number of aryl methyl sites for hydroxylation is 1. The number of Topliss-reactive ketones (excluding diaryl/α,β-unsaturated/α-hetero) is 1. The largest absolute Gasteiger partial charge is 0.362 e. The van der Waals surface area contributed by atoms with Crippen molar-refractivity contribution in [2.75, 3.05) is 16.6 Å². The summed E-state index contributed by atoms with van der Waals surface area (Å²) in [6.45, 7) is 3.31. The molecule has 2 atom stereocenters. The lowest BCUT2D eigenvalue weighted by Crippen LogP contribution is -2.29. The molecule has 1 unspecified atom stereocenters. The molecule has 35 heavy (non-hydrogen) atoms. The highest BCUT2D eigenvalue weighted by atomic mass is 32.2. The Morgan fingerprint density at radius 3 is 2.57 bits per heavy atom. The van der Waals surface area contributed by atoms with Crippen LogP contribution in [0.5, 0.6) is 0 Å². The van der Waals surface area contributed by atoms with E-state index in [-0.39, 0.29) is 24.3 Å². The lowest BCUT2D eigenvalue weighted by molar-refractivity contribution is -0.116. The summed E-state index contributed by atoms with van der Waals surface area (Å²) in [5.41, 5.74) is 3.57. The van der Waals surface area contributed by atoms with E-state index in [1.165, 1.54) is 6.92 Å². The van der Waals surface area contributed by atoms with Gasteiger partial charge in [0.15, 0.2) is 0 Å². The predicted molar refractivity (Wildman–Crippen MR) is 139 cm³/mol. The number of fused-ring (bicyclic) bond motifs is 1. The van der Waals surface area contributed by atoms with Crippen LogP contribution in [0, 0.1) is 6.92 Å². The van der Waals surface area contributed by atoms with Crippen LogP contribution >= 0.6 is 11.3 Å². The van der Waals surface area contributed by atoms with Gasteiger partial charge >= 0.3 is 0 Å². The molecule has 0 spiro atoms. The van der Waals surface area contributed by atoms with Crippen LogP contribution in [-0.4, -0.2) is 37.0 Å². The maximum Gasteiger partial charge on any atom is 0.259 e. The van der Waals surface area contributed by atoms with Crippen molar-refractivity contribution in [1.29, 1.82) is 0 Å². The second-order valence-electron chi connectivity index (χ2n) is 8.05. The van der Waals surface area contributed by atoms with E-state index in [0.717, 1.165) is 27.2 Å². The van der Waals surface area contributed by atoms with E-state index in [1.807, 2.05) is 48.7 Å². The maximum atomic E-state index is 13.1. The second-order valence-corrected chi connectivity index (χ2v) is 9.81. The first-order valence-electron chi connectivity index (χ1n) is 10.8. The number of anilines is 2. The van der Waals surface area contributed by atoms with Gasteiger partial charge in [-0.05, 0) is 44.0 Å². The molecule has 2 heterocycles. The number of nitrogens with zero attached hydrogens (tertiary/aromatic N) is 1. The van der Waals surface area contributed by atoms with Gasteiger partial charge in [-0.3, -0.25) is 18.9 Å². The molecule has 0 bridgehead atoms. The number of thiazole rings is 1. The highest BCUT2D eigenvalue weighted by Crippen LogP contribution is 2.31. The number of hydrogen-bond donors (Lipinski definition) is 5. The molecule has 0 aliphatic carbocycles. The van der Waals surface area contributed by atoms with Crippen LogP contribution < -0.4 is 15.4 Å². The third-order valence-electron chi connectivity index (χ3n) is 5.34. The molecule has 0 saturated carbocycles. The van der Waals surface area contributed by atoms with Gasteiger partial charge in [0.1, 0.15) is 11.6 Å². The predicted octanol–water partition coefficient (Wildman–Crippen LogP) is 4.20. The SMILES string of the molecule is CC(=O)CNC(=O)c1c(N[C@@H](Cc2ccc(NS(=O)O)cc2)c2csc(C)n2)[nH]c2ccccc12. The summed E-state index contributed by atoms with van der Waals surface area (Å²) in [6, 6.07) is 14.4. The number of nitrogens with one attached hydrogen (secondary N) is 4. The van der Waals surface area contributed by atoms with Crippen molar-refractivity contribution in [2.45, 2.75) is 26.3 Å². The summed E-state index contributed by atoms with van der Waals surface area (Å²) < 4.78 is 22.5. The fourth-order valence-electron chi connectivity index (χ4n) is 3.77. The molecule has 4 aromatic rings. The van der Waals surface area contributed by atoms with Gasteiger partial charge in [-0.25, -0.2) is 9.19 Å². The van der Waals surface area contributed by atoms with Gasteiger partial charge in [-0.2, -0.15) is 0 Å². The molecular formula is C24H25N5O4S2. The molecule has 5 N–H and O–H groups in total. The van der Waals surface area contributed by atoms with Gasteiger partial charge in [0.25, 0.3) is 17.2 Å². The zero-order chi connectivity index (χ0) is 24.9. The number of aromatic amines is 1. The molecule has 11 heteroatoms. The van der Waals surface area contributed by atoms with Gasteiger partial charge in [0.2, 0.25) is 0 Å². The van der Waals surface area contributed by atoms with Crippen LogP contribution in [0.2, 0.25) is 0 Å². The Labute approximate surface area is 208 Å². The standard InChI is InChI=1S/C24H25N5O4S2/c1-14(30)12-25-24(31)22-18-5-3-4-6-19(18)27-23(22)28-20(21-13-34-15(2)26-21)11-16-7-9-17(10-8-16)29-35(32)33/h3-10,13,20,27-29H,11-12H2,1-2H3,(H,25,31)(H,32,33)/t20-/m0/s1. The Bertz CT molecular complexity index is 1380. The van der Waals surface area contributed by atoms with E-state index in [1.54, 1.807) is 23.5 Å². The number of benzene rings is 2. The van der Waals surface area contributed by atoms with Crippen molar-refractivity contribution < 1.29 is 18.4 Å². The molecule has 0 aliphatic rings. The highest BCUT2D eigenvalue weighted by molar-refractivity contribution is 7.80. The molecule has 2 aromatic heterocycles. The minimum atomic E-state index is -2.14. The van der Waals surface area contributed by atoms with Gasteiger partial charge in [0, 0.05) is 22.0 Å². The summed E-state index contributed by atoms with van der Waals surface area (Å²) in [6.07, 6.45) is 0.551. The Morgan fingerprint density at radius 1 is 1.17 bits per heavy atom. The van der Waals surface area contributed by atoms with Crippen molar-refractivity contribution in [3.8, 4) is 0 Å². The van der Waals surface area contributed by atoms with Crippen molar-refractivity contribution in [2.24, 2.45) is 0 Å². The molecule has 1 amide bonds. The second kappa shape index (κ2) is 10.8. The first-order chi connectivity index (χ1) is 16.8. The van der Waals surface area contributed by atoms with Crippen LogP contribution in [0.3, 0.4) is 0 Å². The molecular weight excluding hydrogens is 486 g/mol. The minimum absolute atomic E-state index is 0.0501. The third-order valence-corrected chi connectivity index (χ3v) is 6.54. The molecule has 0 aliphatic heterocycles. The maximum absolute atomic E-state index is 13.1. The van der Waals surface area contributed by atoms with Crippen LogP contribution in [0.15, 0.2) is 53.9 Å². The van der Waals surface area contributed by atoms with E-state index in [0.29, 0.717) is 23.5 Å². The van der Waals surface area contributed by atoms with Gasteiger partial charge < -0.3 is 15.6 Å². The Kier molecular flexibility index (Phi) is 7.59. The first-order valence-corrected chi connectivity index (χ1v) is 12.8. The fourth-order valence-corrected chi connectivity index (χ4v) is 4.77. The Morgan fingerprint density at radius 2 is 1.91 bits per heavy atom. The number of H-pyrrole nitrogens is 1. The van der Waals surface area contributed by atoms with E-state index < -0.39 is 11.3 Å². The lowest BCUT2D eigenvalue weighted by atomic mass is 10.0. The van der Waals surface area contributed by atoms with Gasteiger partial charge in [0.05, 0.1) is 28.9 Å². The number of carbonyl (C=O) groups is 2. The average Bonchev–Trinajstić information content (AvgIpc) is 3.41. The number of rotatable bonds is 10. The monoisotopic (exact) mass is 511 g/mol. The van der Waals surface area contributed by atoms with E-state index in [4.69, 9.17) is 4.55 Å². The molecule has 0 radical (unpaired) electrons. The third kappa shape index (κ3) is 6.13. The number of amides is 1. The summed E-state index contributed by atoms with van der Waals surface area (Å²) in [5, 5.41) is 9.81. The fraction of sp³-hybridized carbons (Fsp3) is 0.208. The minimum Gasteiger partial charge on any atom is -0.362 e. The number of aromatic nitrogens is 2. The molecule has 182 valence electrons. The van der Waals surface area contributed by atoms with Gasteiger partial charge in [-0.15, -0.1) is 11.3 Å². The van der Waals surface area contributed by atoms with E-state index in [9.17, 15) is 13.8 Å². The molecule has 4 rings (SSSR count). The number of para-hydroxylation sites is 1. The molecule has 9 nitrogen and oxygen atoms in total. The normalized spacial score (nSPS) is 12.8.